The van der Waals surface area contributed by atoms with Gasteiger partial charge in [0.2, 0.25) is 0 Å². The van der Waals surface area contributed by atoms with E-state index in [9.17, 15) is 4.79 Å². The highest BCUT2D eigenvalue weighted by Crippen LogP contribution is 2.21. The molecule has 3 rings (SSSR count). The zero-order valence-electron chi connectivity index (χ0n) is 20.5. The van der Waals surface area contributed by atoms with Gasteiger partial charge in [0.15, 0.2) is 5.11 Å². The molecule has 0 aliphatic heterocycles. The second-order valence-electron chi connectivity index (χ2n) is 8.50. The van der Waals surface area contributed by atoms with Gasteiger partial charge in [0, 0.05) is 29.7 Å². The molecular weight excluding hydrogens is 428 g/mol. The number of para-hydroxylation sites is 1. The van der Waals surface area contributed by atoms with E-state index in [0.717, 1.165) is 65.9 Å². The molecule has 176 valence electrons. The number of aromatic nitrogens is 1. The molecule has 0 fully saturated rings. The maximum Gasteiger partial charge on any atom is 0.253 e. The van der Waals surface area contributed by atoms with Crippen molar-refractivity contribution in [3.8, 4) is 0 Å². The van der Waals surface area contributed by atoms with Gasteiger partial charge in [0.1, 0.15) is 0 Å². The third-order valence-corrected chi connectivity index (χ3v) is 6.75. The molecule has 0 aliphatic rings. The number of pyridine rings is 1. The second kappa shape index (κ2) is 11.4. The van der Waals surface area contributed by atoms with Crippen LogP contribution < -0.4 is 10.9 Å². The molecule has 2 aromatic carbocycles. The van der Waals surface area contributed by atoms with Crippen LogP contribution in [0.1, 0.15) is 43.0 Å². The Morgan fingerprint density at radius 1 is 0.970 bits per heavy atom. The lowest BCUT2D eigenvalue weighted by molar-refractivity contribution is 0.266. The molecular formula is C27H36N4OS. The summed E-state index contributed by atoms with van der Waals surface area (Å²) in [7, 11) is 0. The molecule has 33 heavy (non-hydrogen) atoms. The molecule has 0 unspecified atom stereocenters. The number of thiocarbonyl (C=S) groups is 1. The van der Waals surface area contributed by atoms with Crippen molar-refractivity contribution in [1.82, 2.24) is 14.8 Å². The summed E-state index contributed by atoms with van der Waals surface area (Å²) in [5.41, 5.74) is 6.06. The number of hydrogen-bond donors (Lipinski definition) is 2. The maximum atomic E-state index is 13.0. The van der Waals surface area contributed by atoms with Gasteiger partial charge in [-0.15, -0.1) is 0 Å². The Morgan fingerprint density at radius 2 is 1.67 bits per heavy atom. The van der Waals surface area contributed by atoms with E-state index in [1.54, 1.807) is 0 Å². The van der Waals surface area contributed by atoms with E-state index in [-0.39, 0.29) is 5.56 Å². The van der Waals surface area contributed by atoms with E-state index in [1.807, 2.05) is 31.2 Å². The van der Waals surface area contributed by atoms with Crippen LogP contribution in [-0.4, -0.2) is 46.1 Å². The van der Waals surface area contributed by atoms with Crippen LogP contribution in [0.3, 0.4) is 0 Å². The summed E-state index contributed by atoms with van der Waals surface area (Å²) in [4.78, 5) is 20.6. The van der Waals surface area contributed by atoms with E-state index in [0.29, 0.717) is 11.7 Å². The summed E-state index contributed by atoms with van der Waals surface area (Å²) in [6, 6.07) is 14.4. The van der Waals surface area contributed by atoms with Crippen LogP contribution in [0, 0.1) is 13.8 Å². The Kier molecular flexibility index (Phi) is 8.64. The summed E-state index contributed by atoms with van der Waals surface area (Å²) in [6.07, 6.45) is 0.925. The highest BCUT2D eigenvalue weighted by Gasteiger charge is 2.16. The lowest BCUT2D eigenvalue weighted by Gasteiger charge is -2.29. The Hall–Kier alpha value is -2.70. The predicted molar refractivity (Wildman–Crippen MR) is 144 cm³/mol. The maximum absolute atomic E-state index is 13.0. The highest BCUT2D eigenvalue weighted by molar-refractivity contribution is 7.80. The normalized spacial score (nSPS) is 11.2. The first-order chi connectivity index (χ1) is 15.9. The number of fused-ring (bicyclic) bond motifs is 1. The quantitative estimate of drug-likeness (QED) is 0.424. The van der Waals surface area contributed by atoms with Crippen molar-refractivity contribution in [2.24, 2.45) is 0 Å². The van der Waals surface area contributed by atoms with Crippen LogP contribution in [-0.2, 0) is 13.0 Å². The van der Waals surface area contributed by atoms with E-state index in [4.69, 9.17) is 12.2 Å². The molecule has 0 saturated heterocycles. The molecule has 0 aliphatic carbocycles. The van der Waals surface area contributed by atoms with Crippen molar-refractivity contribution in [2.45, 2.75) is 47.6 Å². The molecule has 2 N–H and O–H groups in total. The van der Waals surface area contributed by atoms with E-state index < -0.39 is 0 Å². The van der Waals surface area contributed by atoms with Crippen LogP contribution in [0.2, 0.25) is 0 Å². The lowest BCUT2D eigenvalue weighted by Crippen LogP contribution is -2.41. The number of likely N-dealkylation sites (N-methyl/N-ethyl adjacent to an activating group) is 1. The number of rotatable bonds is 9. The Balaban J connectivity index is 1.92. The molecule has 1 aromatic heterocycles. The van der Waals surface area contributed by atoms with Gasteiger partial charge in [0.25, 0.3) is 5.56 Å². The second-order valence-corrected chi connectivity index (χ2v) is 8.89. The van der Waals surface area contributed by atoms with Crippen LogP contribution in [0.5, 0.6) is 0 Å². The van der Waals surface area contributed by atoms with Crippen LogP contribution >= 0.6 is 12.2 Å². The van der Waals surface area contributed by atoms with Crippen molar-refractivity contribution in [3.05, 3.63) is 75.1 Å². The first-order valence-corrected chi connectivity index (χ1v) is 12.3. The largest absolute Gasteiger partial charge is 0.343 e. The smallest absolute Gasteiger partial charge is 0.253 e. The molecule has 0 bridgehead atoms. The molecule has 1 heterocycles. The number of aromatic amines is 1. The third kappa shape index (κ3) is 6.01. The Labute approximate surface area is 202 Å². The van der Waals surface area contributed by atoms with Gasteiger partial charge in [-0.05, 0) is 74.4 Å². The first kappa shape index (κ1) is 24.9. The summed E-state index contributed by atoms with van der Waals surface area (Å²) < 4.78 is 0. The average molecular weight is 465 g/mol. The average Bonchev–Trinajstić information content (AvgIpc) is 2.82. The lowest BCUT2D eigenvalue weighted by atomic mass is 10.0. The van der Waals surface area contributed by atoms with E-state index in [1.165, 1.54) is 5.56 Å². The first-order valence-electron chi connectivity index (χ1n) is 11.9. The highest BCUT2D eigenvalue weighted by atomic mass is 32.1. The van der Waals surface area contributed by atoms with Crippen molar-refractivity contribution in [2.75, 3.05) is 31.5 Å². The summed E-state index contributed by atoms with van der Waals surface area (Å²) in [5, 5.41) is 5.17. The topological polar surface area (TPSA) is 51.4 Å². The predicted octanol–water partition coefficient (Wildman–Crippen LogP) is 5.25. The van der Waals surface area contributed by atoms with Crippen LogP contribution in [0.4, 0.5) is 5.69 Å². The minimum Gasteiger partial charge on any atom is -0.343 e. The molecule has 5 nitrogen and oxygen atoms in total. The molecule has 0 atom stereocenters. The molecule has 0 amide bonds. The van der Waals surface area contributed by atoms with Crippen molar-refractivity contribution in [1.29, 1.82) is 0 Å². The SMILES string of the molecule is CCc1ccccc1NC(=S)N(CCN(CC)CC)Cc1cc2c(C)ccc(C)c2[nH]c1=O. The number of nitrogens with one attached hydrogen (secondary N) is 2. The minimum atomic E-state index is -0.0548. The number of anilines is 1. The van der Waals surface area contributed by atoms with Gasteiger partial charge in [0.05, 0.1) is 12.1 Å². The van der Waals surface area contributed by atoms with Crippen molar-refractivity contribution >= 4 is 33.9 Å². The fraction of sp³-hybridized carbons (Fsp3) is 0.407. The zero-order chi connectivity index (χ0) is 24.0. The van der Waals surface area contributed by atoms with Gasteiger partial charge in [-0.3, -0.25) is 4.79 Å². The van der Waals surface area contributed by atoms with Gasteiger partial charge in [-0.25, -0.2) is 0 Å². The molecule has 0 saturated carbocycles. The summed E-state index contributed by atoms with van der Waals surface area (Å²) in [5.74, 6) is 0. The third-order valence-electron chi connectivity index (χ3n) is 6.39. The molecule has 0 spiro atoms. The Bertz CT molecular complexity index is 1170. The molecule has 0 radical (unpaired) electrons. The molecule has 3 aromatic rings. The van der Waals surface area contributed by atoms with Crippen molar-refractivity contribution < 1.29 is 0 Å². The standard InChI is InChI=1S/C27H36N4OS/c1-6-21-11-9-10-12-24(21)28-27(33)31(16-15-30(7-2)8-3)18-22-17-23-19(4)13-14-20(5)25(23)29-26(22)32/h9-14,17H,6-8,15-16,18H2,1-5H3,(H,28,33)(H,29,32). The minimum absolute atomic E-state index is 0.0548. The fourth-order valence-corrected chi connectivity index (χ4v) is 4.41. The fourth-order valence-electron chi connectivity index (χ4n) is 4.14. The molecule has 6 heteroatoms. The van der Waals surface area contributed by atoms with Gasteiger partial charge < -0.3 is 20.1 Å². The number of aryl methyl sites for hydroxylation is 3. The van der Waals surface area contributed by atoms with Crippen LogP contribution in [0.15, 0.2) is 47.3 Å². The van der Waals surface area contributed by atoms with Crippen LogP contribution in [0.25, 0.3) is 10.9 Å². The summed E-state index contributed by atoms with van der Waals surface area (Å²) >= 11 is 5.86. The zero-order valence-corrected chi connectivity index (χ0v) is 21.3. The van der Waals surface area contributed by atoms with Crippen molar-refractivity contribution in [3.63, 3.8) is 0 Å². The van der Waals surface area contributed by atoms with E-state index >= 15 is 0 Å². The Morgan fingerprint density at radius 3 is 2.36 bits per heavy atom. The number of H-pyrrole nitrogens is 1. The summed E-state index contributed by atoms with van der Waals surface area (Å²) in [6.45, 7) is 14.6. The monoisotopic (exact) mass is 464 g/mol. The van der Waals surface area contributed by atoms with Gasteiger partial charge in [-0.1, -0.05) is 51.1 Å². The number of hydrogen-bond acceptors (Lipinski definition) is 3. The van der Waals surface area contributed by atoms with E-state index in [2.05, 4.69) is 66.0 Å². The number of nitrogens with zero attached hydrogens (tertiary/aromatic N) is 2. The van der Waals surface area contributed by atoms with Gasteiger partial charge in [-0.2, -0.15) is 0 Å². The number of benzene rings is 2. The van der Waals surface area contributed by atoms with Gasteiger partial charge >= 0.3 is 0 Å².